The van der Waals surface area contributed by atoms with Crippen LogP contribution in [-0.4, -0.2) is 29.8 Å². The van der Waals surface area contributed by atoms with Crippen molar-refractivity contribution in [3.8, 4) is 0 Å². The van der Waals surface area contributed by atoms with Crippen LogP contribution in [0.5, 0.6) is 0 Å². The zero-order valence-electron chi connectivity index (χ0n) is 11.5. The Labute approximate surface area is 111 Å². The number of cyclic esters (lactones) is 1. The molecule has 1 aliphatic heterocycles. The predicted octanol–water partition coefficient (Wildman–Crippen LogP) is 1.48. The van der Waals surface area contributed by atoms with Crippen molar-refractivity contribution in [1.29, 1.82) is 0 Å². The summed E-state index contributed by atoms with van der Waals surface area (Å²) in [7, 11) is 0. The van der Waals surface area contributed by atoms with Crippen molar-refractivity contribution in [3.05, 3.63) is 11.6 Å². The standard InChI is InChI=1S/C13H18O6/c1-8(7-10(15)19-13(2,3)4)12(16)18-11-6-5-9(14)17-11/h7,11H,5-6H2,1-4H3. The fourth-order valence-corrected chi connectivity index (χ4v) is 1.36. The molecule has 0 aromatic carbocycles. The highest BCUT2D eigenvalue weighted by Gasteiger charge is 2.27. The van der Waals surface area contributed by atoms with Gasteiger partial charge in [-0.2, -0.15) is 0 Å². The second-order valence-electron chi connectivity index (χ2n) is 5.22. The molecule has 1 aliphatic rings. The molecule has 0 aromatic heterocycles. The smallest absolute Gasteiger partial charge is 0.337 e. The first-order valence-corrected chi connectivity index (χ1v) is 5.99. The van der Waals surface area contributed by atoms with E-state index in [9.17, 15) is 14.4 Å². The highest BCUT2D eigenvalue weighted by Crippen LogP contribution is 2.16. The lowest BCUT2D eigenvalue weighted by atomic mass is 10.2. The van der Waals surface area contributed by atoms with Crippen LogP contribution in [0.25, 0.3) is 0 Å². The van der Waals surface area contributed by atoms with E-state index in [0.29, 0.717) is 6.42 Å². The largest absolute Gasteiger partial charge is 0.457 e. The molecule has 6 heteroatoms. The third-order valence-electron chi connectivity index (χ3n) is 2.15. The van der Waals surface area contributed by atoms with Crippen LogP contribution in [0.4, 0.5) is 0 Å². The van der Waals surface area contributed by atoms with Crippen LogP contribution in [0.1, 0.15) is 40.5 Å². The van der Waals surface area contributed by atoms with Gasteiger partial charge < -0.3 is 14.2 Å². The Bertz CT molecular complexity index is 415. The van der Waals surface area contributed by atoms with E-state index < -0.39 is 29.8 Å². The van der Waals surface area contributed by atoms with Crippen LogP contribution in [0.3, 0.4) is 0 Å². The summed E-state index contributed by atoms with van der Waals surface area (Å²) in [5.41, 5.74) is -0.532. The molecule has 19 heavy (non-hydrogen) atoms. The molecule has 1 heterocycles. The van der Waals surface area contributed by atoms with Gasteiger partial charge in [-0.3, -0.25) is 4.79 Å². The zero-order valence-corrected chi connectivity index (χ0v) is 11.5. The van der Waals surface area contributed by atoms with Gasteiger partial charge in [0.2, 0.25) is 6.29 Å². The second kappa shape index (κ2) is 5.86. The quantitative estimate of drug-likeness (QED) is 0.571. The monoisotopic (exact) mass is 270 g/mol. The van der Waals surface area contributed by atoms with Crippen LogP contribution in [0.15, 0.2) is 11.6 Å². The fraction of sp³-hybridized carbons (Fsp3) is 0.615. The Kier molecular flexibility index (Phi) is 4.69. The molecule has 0 N–H and O–H groups in total. The zero-order chi connectivity index (χ0) is 14.6. The van der Waals surface area contributed by atoms with Crippen LogP contribution >= 0.6 is 0 Å². The van der Waals surface area contributed by atoms with Gasteiger partial charge in [-0.25, -0.2) is 9.59 Å². The number of hydrogen-bond acceptors (Lipinski definition) is 6. The van der Waals surface area contributed by atoms with Crippen LogP contribution < -0.4 is 0 Å². The number of hydrogen-bond donors (Lipinski definition) is 0. The summed E-state index contributed by atoms with van der Waals surface area (Å²) in [5, 5.41) is 0. The summed E-state index contributed by atoms with van der Waals surface area (Å²) in [5.74, 6) is -1.72. The van der Waals surface area contributed by atoms with E-state index in [1.807, 2.05) is 0 Å². The van der Waals surface area contributed by atoms with Crippen molar-refractivity contribution in [2.75, 3.05) is 0 Å². The predicted molar refractivity (Wildman–Crippen MR) is 64.8 cm³/mol. The van der Waals surface area contributed by atoms with Gasteiger partial charge in [0.05, 0.1) is 6.42 Å². The lowest BCUT2D eigenvalue weighted by molar-refractivity contribution is -0.173. The topological polar surface area (TPSA) is 78.9 Å². The Morgan fingerprint density at radius 1 is 1.37 bits per heavy atom. The van der Waals surface area contributed by atoms with Crippen molar-refractivity contribution in [3.63, 3.8) is 0 Å². The third-order valence-corrected chi connectivity index (χ3v) is 2.15. The number of ether oxygens (including phenoxy) is 3. The van der Waals surface area contributed by atoms with E-state index in [2.05, 4.69) is 0 Å². The van der Waals surface area contributed by atoms with Gasteiger partial charge in [0.1, 0.15) is 5.60 Å². The van der Waals surface area contributed by atoms with Crippen LogP contribution in [0, 0.1) is 0 Å². The first-order valence-electron chi connectivity index (χ1n) is 5.99. The minimum absolute atomic E-state index is 0.0946. The highest BCUT2D eigenvalue weighted by atomic mass is 16.7. The third kappa shape index (κ3) is 5.54. The molecule has 0 amide bonds. The van der Waals surface area contributed by atoms with Gasteiger partial charge >= 0.3 is 17.9 Å². The van der Waals surface area contributed by atoms with Gasteiger partial charge in [-0.1, -0.05) is 0 Å². The minimum Gasteiger partial charge on any atom is -0.457 e. The van der Waals surface area contributed by atoms with E-state index in [-0.39, 0.29) is 12.0 Å². The molecule has 1 rings (SSSR count). The lowest BCUT2D eigenvalue weighted by Gasteiger charge is -2.18. The molecule has 1 unspecified atom stereocenters. The molecule has 0 bridgehead atoms. The van der Waals surface area contributed by atoms with Crippen molar-refractivity contribution >= 4 is 17.9 Å². The normalized spacial score (nSPS) is 19.9. The Hall–Kier alpha value is -1.85. The lowest BCUT2D eigenvalue weighted by Crippen LogP contribution is -2.23. The van der Waals surface area contributed by atoms with Crippen LogP contribution in [-0.2, 0) is 28.6 Å². The van der Waals surface area contributed by atoms with E-state index >= 15 is 0 Å². The summed E-state index contributed by atoms with van der Waals surface area (Å²) in [6.07, 6.45) is 0.767. The highest BCUT2D eigenvalue weighted by molar-refractivity contribution is 5.96. The molecular formula is C13H18O6. The molecule has 106 valence electrons. The molecule has 0 radical (unpaired) electrons. The Morgan fingerprint density at radius 2 is 2.00 bits per heavy atom. The summed E-state index contributed by atoms with van der Waals surface area (Å²) in [4.78, 5) is 33.9. The van der Waals surface area contributed by atoms with Crippen molar-refractivity contribution < 1.29 is 28.6 Å². The van der Waals surface area contributed by atoms with Crippen molar-refractivity contribution in [2.45, 2.75) is 52.4 Å². The number of carbonyl (C=O) groups is 3. The minimum atomic E-state index is -0.859. The summed E-state index contributed by atoms with van der Waals surface area (Å²) < 4.78 is 14.7. The van der Waals surface area contributed by atoms with Crippen LogP contribution in [0.2, 0.25) is 0 Å². The molecule has 1 atom stereocenters. The van der Waals surface area contributed by atoms with E-state index in [1.165, 1.54) is 6.92 Å². The summed E-state index contributed by atoms with van der Waals surface area (Å²) in [6, 6.07) is 0. The SMILES string of the molecule is CC(=CC(=O)OC(C)(C)C)C(=O)OC1CCC(=O)O1. The first-order chi connectivity index (χ1) is 8.67. The van der Waals surface area contributed by atoms with Gasteiger partial charge in [-0.15, -0.1) is 0 Å². The molecule has 0 aliphatic carbocycles. The van der Waals surface area contributed by atoms with Crippen molar-refractivity contribution in [2.24, 2.45) is 0 Å². The second-order valence-corrected chi connectivity index (χ2v) is 5.22. The first kappa shape index (κ1) is 15.2. The number of carbonyl (C=O) groups excluding carboxylic acids is 3. The maximum absolute atomic E-state index is 11.6. The van der Waals surface area contributed by atoms with Gasteiger partial charge in [0.15, 0.2) is 0 Å². The maximum atomic E-state index is 11.6. The number of esters is 3. The molecule has 1 saturated heterocycles. The van der Waals surface area contributed by atoms with E-state index in [1.54, 1.807) is 20.8 Å². The average molecular weight is 270 g/mol. The Balaban J connectivity index is 2.51. The van der Waals surface area contributed by atoms with Gasteiger partial charge in [-0.05, 0) is 27.7 Å². The average Bonchev–Trinajstić information content (AvgIpc) is 2.60. The molecule has 6 nitrogen and oxygen atoms in total. The van der Waals surface area contributed by atoms with Gasteiger partial charge in [0, 0.05) is 18.1 Å². The summed E-state index contributed by atoms with van der Waals surface area (Å²) >= 11 is 0. The fourth-order valence-electron chi connectivity index (χ4n) is 1.36. The molecular weight excluding hydrogens is 252 g/mol. The molecule has 0 aromatic rings. The Morgan fingerprint density at radius 3 is 2.47 bits per heavy atom. The van der Waals surface area contributed by atoms with Gasteiger partial charge in [0.25, 0.3) is 0 Å². The van der Waals surface area contributed by atoms with Crippen molar-refractivity contribution in [1.82, 2.24) is 0 Å². The maximum Gasteiger partial charge on any atom is 0.337 e. The van der Waals surface area contributed by atoms with E-state index in [0.717, 1.165) is 6.08 Å². The number of rotatable bonds is 3. The molecule has 0 saturated carbocycles. The van der Waals surface area contributed by atoms with E-state index in [4.69, 9.17) is 14.2 Å². The molecule has 1 fully saturated rings. The summed E-state index contributed by atoms with van der Waals surface area (Å²) in [6.45, 7) is 6.61. The molecule has 0 spiro atoms.